The van der Waals surface area contributed by atoms with Gasteiger partial charge in [-0.15, -0.1) is 0 Å². The van der Waals surface area contributed by atoms with E-state index in [2.05, 4.69) is 15.4 Å². The van der Waals surface area contributed by atoms with Gasteiger partial charge in [-0.05, 0) is 36.4 Å². The van der Waals surface area contributed by atoms with E-state index in [1.807, 2.05) is 0 Å². The van der Waals surface area contributed by atoms with E-state index in [0.717, 1.165) is 0 Å². The van der Waals surface area contributed by atoms with Crippen LogP contribution < -0.4 is 21.1 Å². The van der Waals surface area contributed by atoms with Crippen LogP contribution in [0.1, 0.15) is 10.4 Å². The van der Waals surface area contributed by atoms with Crippen molar-refractivity contribution < 1.29 is 23.1 Å². The van der Waals surface area contributed by atoms with Gasteiger partial charge in [0.05, 0.1) is 12.2 Å². The zero-order valence-electron chi connectivity index (χ0n) is 12.5. The van der Waals surface area contributed by atoms with Crippen molar-refractivity contribution in [1.82, 2.24) is 0 Å². The summed E-state index contributed by atoms with van der Waals surface area (Å²) in [7, 11) is 0. The smallest absolute Gasteiger partial charge is 0.387 e. The Kier molecular flexibility index (Phi) is 5.67. The first-order valence-corrected chi connectivity index (χ1v) is 6.93. The fraction of sp³-hybridized carbons (Fsp3) is 0.125. The molecule has 0 unspecified atom stereocenters. The van der Waals surface area contributed by atoms with Crippen LogP contribution in [0.15, 0.2) is 48.5 Å². The molecule has 0 heterocycles. The van der Waals surface area contributed by atoms with Crippen molar-refractivity contribution in [1.29, 1.82) is 0 Å². The van der Waals surface area contributed by atoms with Gasteiger partial charge in [0.1, 0.15) is 5.75 Å². The first-order valence-electron chi connectivity index (χ1n) is 6.93. The van der Waals surface area contributed by atoms with Gasteiger partial charge in [-0.1, -0.05) is 12.1 Å². The van der Waals surface area contributed by atoms with Crippen LogP contribution >= 0.6 is 0 Å². The number of halogens is 2. The lowest BCUT2D eigenvalue weighted by Crippen LogP contribution is -2.22. The number of primary amides is 1. The van der Waals surface area contributed by atoms with E-state index < -0.39 is 18.4 Å². The molecule has 0 bridgehead atoms. The second-order valence-corrected chi connectivity index (χ2v) is 4.72. The van der Waals surface area contributed by atoms with Crippen LogP contribution in [-0.2, 0) is 4.79 Å². The van der Waals surface area contributed by atoms with Crippen molar-refractivity contribution in [2.24, 2.45) is 5.73 Å². The molecule has 0 fully saturated rings. The maximum absolute atomic E-state index is 12.3. The van der Waals surface area contributed by atoms with Crippen molar-refractivity contribution in [3.8, 4) is 5.75 Å². The monoisotopic (exact) mass is 335 g/mol. The minimum atomic E-state index is -2.98. The highest BCUT2D eigenvalue weighted by atomic mass is 19.3. The molecule has 8 heteroatoms. The Hall–Kier alpha value is -3.16. The molecule has 2 amide bonds. The van der Waals surface area contributed by atoms with E-state index in [0.29, 0.717) is 11.3 Å². The van der Waals surface area contributed by atoms with E-state index >= 15 is 0 Å². The van der Waals surface area contributed by atoms with Crippen LogP contribution in [-0.4, -0.2) is 25.0 Å². The molecule has 0 aliphatic heterocycles. The Balaban J connectivity index is 1.93. The van der Waals surface area contributed by atoms with Crippen LogP contribution in [0.2, 0.25) is 0 Å². The molecule has 0 radical (unpaired) electrons. The molecule has 0 atom stereocenters. The second-order valence-electron chi connectivity index (χ2n) is 4.72. The molecule has 0 saturated carbocycles. The summed E-state index contributed by atoms with van der Waals surface area (Å²) in [4.78, 5) is 22.9. The summed E-state index contributed by atoms with van der Waals surface area (Å²) < 4.78 is 29.0. The molecule has 24 heavy (non-hydrogen) atoms. The zero-order valence-corrected chi connectivity index (χ0v) is 12.5. The SMILES string of the molecule is NC(=O)c1ccc(NCC(=O)Nc2ccccc2OC(F)F)cc1. The average molecular weight is 335 g/mol. The van der Waals surface area contributed by atoms with Gasteiger partial charge in [0.15, 0.2) is 0 Å². The van der Waals surface area contributed by atoms with Gasteiger partial charge in [-0.2, -0.15) is 8.78 Å². The van der Waals surface area contributed by atoms with Crippen LogP contribution in [0.5, 0.6) is 5.75 Å². The van der Waals surface area contributed by atoms with Gasteiger partial charge >= 0.3 is 6.61 Å². The van der Waals surface area contributed by atoms with Gasteiger partial charge in [0.2, 0.25) is 11.8 Å². The lowest BCUT2D eigenvalue weighted by molar-refractivity contribution is -0.114. The van der Waals surface area contributed by atoms with E-state index in [1.54, 1.807) is 18.2 Å². The molecule has 0 saturated heterocycles. The van der Waals surface area contributed by atoms with Crippen LogP contribution in [0.3, 0.4) is 0 Å². The number of hydrogen-bond donors (Lipinski definition) is 3. The third-order valence-electron chi connectivity index (χ3n) is 3.00. The molecule has 2 rings (SSSR count). The first kappa shape index (κ1) is 17.2. The Morgan fingerprint density at radius 1 is 1.08 bits per heavy atom. The molecular formula is C16H15F2N3O3. The topological polar surface area (TPSA) is 93.5 Å². The first-order chi connectivity index (χ1) is 11.5. The van der Waals surface area contributed by atoms with E-state index in [1.165, 1.54) is 30.3 Å². The molecule has 6 nitrogen and oxygen atoms in total. The van der Waals surface area contributed by atoms with Crippen molar-refractivity contribution in [3.63, 3.8) is 0 Å². The number of para-hydroxylation sites is 2. The summed E-state index contributed by atoms with van der Waals surface area (Å²) in [6.07, 6.45) is 0. The molecule has 0 aromatic heterocycles. The fourth-order valence-electron chi connectivity index (χ4n) is 1.90. The number of nitrogens with one attached hydrogen (secondary N) is 2. The minimum absolute atomic E-state index is 0.0983. The Bertz CT molecular complexity index is 721. The predicted molar refractivity (Wildman–Crippen MR) is 85.2 cm³/mol. The number of benzene rings is 2. The molecule has 0 spiro atoms. The summed E-state index contributed by atoms with van der Waals surface area (Å²) in [5.41, 5.74) is 6.23. The Labute approximate surface area is 136 Å². The lowest BCUT2D eigenvalue weighted by Gasteiger charge is -2.12. The third kappa shape index (κ3) is 4.94. The number of ether oxygens (including phenoxy) is 1. The van der Waals surface area contributed by atoms with Crippen LogP contribution in [0.4, 0.5) is 20.2 Å². The van der Waals surface area contributed by atoms with E-state index in [-0.39, 0.29) is 18.0 Å². The number of anilines is 2. The lowest BCUT2D eigenvalue weighted by atomic mass is 10.2. The number of carbonyl (C=O) groups excluding carboxylic acids is 2. The standard InChI is InChI=1S/C16H15F2N3O3/c17-16(18)24-13-4-2-1-3-12(13)21-14(22)9-20-11-7-5-10(6-8-11)15(19)23/h1-8,16,20H,9H2,(H2,19,23)(H,21,22). The summed E-state index contributed by atoms with van der Waals surface area (Å²) in [6, 6.07) is 12.1. The van der Waals surface area contributed by atoms with Gasteiger partial charge in [0, 0.05) is 11.3 Å². The van der Waals surface area contributed by atoms with Crippen LogP contribution in [0.25, 0.3) is 0 Å². The summed E-state index contributed by atoms with van der Waals surface area (Å²) in [6.45, 7) is -3.08. The molecular weight excluding hydrogens is 320 g/mol. The summed E-state index contributed by atoms with van der Waals surface area (Å²) in [5.74, 6) is -1.11. The number of carbonyl (C=O) groups is 2. The number of hydrogen-bond acceptors (Lipinski definition) is 4. The van der Waals surface area contributed by atoms with E-state index in [9.17, 15) is 18.4 Å². The van der Waals surface area contributed by atoms with Crippen molar-refractivity contribution in [3.05, 3.63) is 54.1 Å². The molecule has 0 aliphatic rings. The highest BCUT2D eigenvalue weighted by molar-refractivity contribution is 5.95. The number of amides is 2. The van der Waals surface area contributed by atoms with Crippen molar-refractivity contribution in [2.45, 2.75) is 6.61 Å². The molecule has 2 aromatic rings. The quantitative estimate of drug-likeness (QED) is 0.724. The summed E-state index contributed by atoms with van der Waals surface area (Å²) in [5, 5.41) is 5.32. The second kappa shape index (κ2) is 7.91. The van der Waals surface area contributed by atoms with Gasteiger partial charge in [-0.25, -0.2) is 0 Å². The van der Waals surface area contributed by atoms with Gasteiger partial charge < -0.3 is 21.1 Å². The maximum Gasteiger partial charge on any atom is 0.387 e. The van der Waals surface area contributed by atoms with Crippen molar-refractivity contribution in [2.75, 3.05) is 17.2 Å². The average Bonchev–Trinajstić information content (AvgIpc) is 2.54. The van der Waals surface area contributed by atoms with Crippen LogP contribution in [0, 0.1) is 0 Å². The molecule has 2 aromatic carbocycles. The van der Waals surface area contributed by atoms with Crippen molar-refractivity contribution >= 4 is 23.2 Å². The minimum Gasteiger partial charge on any atom is -0.433 e. The predicted octanol–water partition coefficient (Wildman–Crippen LogP) is 2.44. The number of nitrogens with two attached hydrogens (primary N) is 1. The Morgan fingerprint density at radius 2 is 1.75 bits per heavy atom. The van der Waals surface area contributed by atoms with E-state index in [4.69, 9.17) is 5.73 Å². The largest absolute Gasteiger partial charge is 0.433 e. The maximum atomic E-state index is 12.3. The third-order valence-corrected chi connectivity index (χ3v) is 3.00. The molecule has 126 valence electrons. The van der Waals surface area contributed by atoms with Gasteiger partial charge in [-0.3, -0.25) is 9.59 Å². The normalized spacial score (nSPS) is 10.3. The number of alkyl halides is 2. The Morgan fingerprint density at radius 3 is 2.38 bits per heavy atom. The molecule has 0 aliphatic carbocycles. The molecule has 4 N–H and O–H groups in total. The zero-order chi connectivity index (χ0) is 17.5. The fourth-order valence-corrected chi connectivity index (χ4v) is 1.90. The van der Waals surface area contributed by atoms with Gasteiger partial charge in [0.25, 0.3) is 0 Å². The highest BCUT2D eigenvalue weighted by Gasteiger charge is 2.11. The highest BCUT2D eigenvalue weighted by Crippen LogP contribution is 2.25. The summed E-state index contributed by atoms with van der Waals surface area (Å²) >= 11 is 0. The number of rotatable bonds is 7.